The van der Waals surface area contributed by atoms with Crippen molar-refractivity contribution >= 4 is 50.5 Å². The highest BCUT2D eigenvalue weighted by molar-refractivity contribution is 9.10. The van der Waals surface area contributed by atoms with E-state index in [1.54, 1.807) is 12.1 Å². The van der Waals surface area contributed by atoms with Crippen molar-refractivity contribution < 1.29 is 19.5 Å². The molecule has 2 heterocycles. The van der Waals surface area contributed by atoms with Crippen LogP contribution in [0.3, 0.4) is 0 Å². The first kappa shape index (κ1) is 16.0. The molecule has 8 heteroatoms. The third kappa shape index (κ3) is 3.82. The van der Waals surface area contributed by atoms with Gasteiger partial charge in [-0.3, -0.25) is 14.5 Å². The van der Waals surface area contributed by atoms with Gasteiger partial charge in [0.1, 0.15) is 5.82 Å². The summed E-state index contributed by atoms with van der Waals surface area (Å²) >= 11 is 4.32. The minimum atomic E-state index is -1.15. The fourth-order valence-corrected chi connectivity index (χ4v) is 3.17. The van der Waals surface area contributed by atoms with Crippen LogP contribution in [0.5, 0.6) is 0 Å². The fourth-order valence-electron chi connectivity index (χ4n) is 2.08. The molecule has 1 atom stereocenters. The fraction of sp³-hybridized carbons (Fsp3) is 0.385. The van der Waals surface area contributed by atoms with Crippen molar-refractivity contribution in [3.05, 3.63) is 22.3 Å². The van der Waals surface area contributed by atoms with E-state index >= 15 is 0 Å². The lowest BCUT2D eigenvalue weighted by Gasteiger charge is -2.16. The lowest BCUT2D eigenvalue weighted by atomic mass is 10.1. The summed E-state index contributed by atoms with van der Waals surface area (Å²) in [6.45, 7) is 1.95. The first-order valence-electron chi connectivity index (χ1n) is 6.22. The number of pyridine rings is 1. The van der Waals surface area contributed by atoms with Crippen LogP contribution in [-0.4, -0.2) is 39.4 Å². The van der Waals surface area contributed by atoms with E-state index in [1.807, 2.05) is 0 Å². The van der Waals surface area contributed by atoms with E-state index < -0.39 is 5.97 Å². The quantitative estimate of drug-likeness (QED) is 0.871. The Morgan fingerprint density at radius 1 is 1.52 bits per heavy atom. The van der Waals surface area contributed by atoms with Crippen molar-refractivity contribution in [1.82, 2.24) is 4.98 Å². The zero-order valence-corrected chi connectivity index (χ0v) is 13.6. The van der Waals surface area contributed by atoms with Crippen LogP contribution in [0, 0.1) is 5.92 Å². The maximum Gasteiger partial charge on any atom is 0.355 e. The number of amides is 1. The van der Waals surface area contributed by atoms with Crippen molar-refractivity contribution in [3.8, 4) is 0 Å². The second-order valence-electron chi connectivity index (χ2n) is 4.68. The molecule has 2 rings (SSSR count). The standard InChI is InChI=1S/C13H13BrN2O4S/c1-7(17)21-6-8-4-11(18)16(5-8)10-3-2-9(14)12(15-10)13(19)20/h2-3,8H,4-6H2,1H3,(H,19,20). The number of aromatic carboxylic acids is 1. The van der Waals surface area contributed by atoms with Crippen molar-refractivity contribution in [2.75, 3.05) is 17.2 Å². The van der Waals surface area contributed by atoms with Crippen LogP contribution >= 0.6 is 27.7 Å². The molecule has 21 heavy (non-hydrogen) atoms. The Hall–Kier alpha value is -1.41. The Balaban J connectivity index is 2.15. The van der Waals surface area contributed by atoms with Crippen LogP contribution in [-0.2, 0) is 9.59 Å². The normalized spacial score (nSPS) is 18.1. The maximum absolute atomic E-state index is 12.0. The number of halogens is 1. The van der Waals surface area contributed by atoms with E-state index in [1.165, 1.54) is 23.6 Å². The van der Waals surface area contributed by atoms with E-state index in [9.17, 15) is 14.4 Å². The predicted octanol–water partition coefficient (Wildman–Crippen LogP) is 2.17. The molecular weight excluding hydrogens is 360 g/mol. The molecule has 1 amide bonds. The van der Waals surface area contributed by atoms with Gasteiger partial charge in [0.15, 0.2) is 10.8 Å². The van der Waals surface area contributed by atoms with E-state index in [2.05, 4.69) is 20.9 Å². The summed E-state index contributed by atoms with van der Waals surface area (Å²) in [5.41, 5.74) is -0.123. The summed E-state index contributed by atoms with van der Waals surface area (Å²) in [7, 11) is 0. The molecule has 0 aliphatic carbocycles. The van der Waals surface area contributed by atoms with Gasteiger partial charge in [-0.1, -0.05) is 11.8 Å². The molecule has 0 radical (unpaired) electrons. The number of carboxylic acid groups (broad SMARTS) is 1. The summed E-state index contributed by atoms with van der Waals surface area (Å²) in [5.74, 6) is -0.268. The number of carboxylic acids is 1. The number of hydrogen-bond donors (Lipinski definition) is 1. The lowest BCUT2D eigenvalue weighted by molar-refractivity contribution is -0.117. The van der Waals surface area contributed by atoms with Gasteiger partial charge in [0.25, 0.3) is 0 Å². The molecule has 1 aliphatic heterocycles. The summed E-state index contributed by atoms with van der Waals surface area (Å²) in [5, 5.41) is 9.08. The number of anilines is 1. The molecular formula is C13H13BrN2O4S. The third-order valence-electron chi connectivity index (χ3n) is 3.04. The van der Waals surface area contributed by atoms with Crippen LogP contribution < -0.4 is 4.90 Å². The van der Waals surface area contributed by atoms with Gasteiger partial charge in [-0.25, -0.2) is 9.78 Å². The number of rotatable bonds is 4. The number of carbonyl (C=O) groups is 3. The topological polar surface area (TPSA) is 87.6 Å². The second-order valence-corrected chi connectivity index (χ2v) is 6.73. The minimum Gasteiger partial charge on any atom is -0.476 e. The molecule has 6 nitrogen and oxygen atoms in total. The highest BCUT2D eigenvalue weighted by Crippen LogP contribution is 2.28. The molecule has 0 bridgehead atoms. The van der Waals surface area contributed by atoms with Crippen LogP contribution in [0.15, 0.2) is 16.6 Å². The number of thioether (sulfide) groups is 1. The first-order chi connectivity index (χ1) is 9.88. The average Bonchev–Trinajstić information content (AvgIpc) is 2.78. The Kier molecular flexibility index (Phi) is 5.00. The minimum absolute atomic E-state index is 0.0239. The van der Waals surface area contributed by atoms with E-state index in [-0.39, 0.29) is 22.6 Å². The monoisotopic (exact) mass is 372 g/mol. The molecule has 0 spiro atoms. The molecule has 0 saturated carbocycles. The SMILES string of the molecule is CC(=O)SCC1CC(=O)N(c2ccc(Br)c(C(=O)O)n2)C1. The van der Waals surface area contributed by atoms with Gasteiger partial charge in [0.05, 0.1) is 4.47 Å². The van der Waals surface area contributed by atoms with Gasteiger partial charge in [0.2, 0.25) is 5.91 Å². The van der Waals surface area contributed by atoms with Crippen LogP contribution in [0.4, 0.5) is 5.82 Å². The zero-order chi connectivity index (χ0) is 15.6. The highest BCUT2D eigenvalue weighted by Gasteiger charge is 2.32. The van der Waals surface area contributed by atoms with Crippen molar-refractivity contribution in [2.45, 2.75) is 13.3 Å². The molecule has 1 fully saturated rings. The number of hydrogen-bond acceptors (Lipinski definition) is 5. The molecule has 1 saturated heterocycles. The summed E-state index contributed by atoms with van der Waals surface area (Å²) in [6.07, 6.45) is 0.348. The van der Waals surface area contributed by atoms with Gasteiger partial charge < -0.3 is 5.11 Å². The zero-order valence-electron chi connectivity index (χ0n) is 11.2. The van der Waals surface area contributed by atoms with Crippen LogP contribution in [0.2, 0.25) is 0 Å². The average molecular weight is 373 g/mol. The number of aromatic nitrogens is 1. The van der Waals surface area contributed by atoms with Crippen LogP contribution in [0.25, 0.3) is 0 Å². The third-order valence-corrected chi connectivity index (χ3v) is 4.72. The van der Waals surface area contributed by atoms with Gasteiger partial charge in [-0.2, -0.15) is 0 Å². The van der Waals surface area contributed by atoms with E-state index in [0.29, 0.717) is 29.0 Å². The number of carbonyl (C=O) groups excluding carboxylic acids is 2. The predicted molar refractivity (Wildman–Crippen MR) is 82.5 cm³/mol. The summed E-state index contributed by atoms with van der Waals surface area (Å²) in [6, 6.07) is 3.17. The molecule has 1 aromatic rings. The van der Waals surface area contributed by atoms with Crippen molar-refractivity contribution in [3.63, 3.8) is 0 Å². The molecule has 1 aliphatic rings. The maximum atomic E-state index is 12.0. The Bertz CT molecular complexity index is 608. The molecule has 1 unspecified atom stereocenters. The molecule has 0 aromatic carbocycles. The largest absolute Gasteiger partial charge is 0.476 e. The summed E-state index contributed by atoms with van der Waals surface area (Å²) < 4.78 is 0.370. The molecule has 1 N–H and O–H groups in total. The highest BCUT2D eigenvalue weighted by atomic mass is 79.9. The van der Waals surface area contributed by atoms with Gasteiger partial charge >= 0.3 is 5.97 Å². The second kappa shape index (κ2) is 6.57. The van der Waals surface area contributed by atoms with E-state index in [0.717, 1.165) is 0 Å². The van der Waals surface area contributed by atoms with E-state index in [4.69, 9.17) is 5.11 Å². The Morgan fingerprint density at radius 2 is 2.24 bits per heavy atom. The van der Waals surface area contributed by atoms with Crippen molar-refractivity contribution in [2.24, 2.45) is 5.92 Å². The summed E-state index contributed by atoms with van der Waals surface area (Å²) in [4.78, 5) is 39.6. The van der Waals surface area contributed by atoms with Gasteiger partial charge in [-0.05, 0) is 34.0 Å². The smallest absolute Gasteiger partial charge is 0.355 e. The van der Waals surface area contributed by atoms with Gasteiger partial charge in [-0.15, -0.1) is 0 Å². The van der Waals surface area contributed by atoms with Gasteiger partial charge in [0, 0.05) is 25.6 Å². The molecule has 112 valence electrons. The molecule has 1 aromatic heterocycles. The lowest BCUT2D eigenvalue weighted by Crippen LogP contribution is -2.26. The van der Waals surface area contributed by atoms with Crippen LogP contribution in [0.1, 0.15) is 23.8 Å². The Labute approximate surface area is 134 Å². The first-order valence-corrected chi connectivity index (χ1v) is 8.00. The Morgan fingerprint density at radius 3 is 2.86 bits per heavy atom. The number of nitrogens with zero attached hydrogens (tertiary/aromatic N) is 2. The van der Waals surface area contributed by atoms with Crippen molar-refractivity contribution in [1.29, 1.82) is 0 Å².